The highest BCUT2D eigenvalue weighted by molar-refractivity contribution is 7.10. The summed E-state index contributed by atoms with van der Waals surface area (Å²) in [5, 5.41) is 3.40. The van der Waals surface area contributed by atoms with Crippen LogP contribution in [0.15, 0.2) is 48.5 Å². The number of benzene rings is 2. The number of nitrogens with one attached hydrogen (secondary N) is 1. The van der Waals surface area contributed by atoms with Gasteiger partial charge in [0.1, 0.15) is 0 Å². The molecule has 3 aromatic rings. The summed E-state index contributed by atoms with van der Waals surface area (Å²) in [6.07, 6.45) is 3.88. The van der Waals surface area contributed by atoms with Crippen molar-refractivity contribution in [2.75, 3.05) is 5.32 Å². The smallest absolute Gasteiger partial charge is 0.230 e. The number of anilines is 1. The van der Waals surface area contributed by atoms with Crippen molar-refractivity contribution in [3.05, 3.63) is 65.2 Å². The van der Waals surface area contributed by atoms with Gasteiger partial charge < -0.3 is 5.32 Å². The molecule has 1 aliphatic rings. The van der Waals surface area contributed by atoms with E-state index >= 15 is 0 Å². The van der Waals surface area contributed by atoms with Gasteiger partial charge in [-0.2, -0.15) is 9.36 Å². The Labute approximate surface area is 144 Å². The lowest BCUT2D eigenvalue weighted by atomic mass is 10.0. The molecule has 4 rings (SSSR count). The van der Waals surface area contributed by atoms with Crippen LogP contribution in [0.1, 0.15) is 23.1 Å². The summed E-state index contributed by atoms with van der Waals surface area (Å²) in [5.41, 5.74) is 4.83. The van der Waals surface area contributed by atoms with Gasteiger partial charge in [-0.1, -0.05) is 48.5 Å². The zero-order valence-corrected chi connectivity index (χ0v) is 14.0. The molecule has 5 heteroatoms. The van der Waals surface area contributed by atoms with Gasteiger partial charge >= 0.3 is 0 Å². The number of hydrogen-bond donors (Lipinski definition) is 1. The first-order chi connectivity index (χ1) is 11.8. The normalized spacial score (nSPS) is 12.8. The fraction of sp³-hybridized carbons (Fsp3) is 0.211. The molecule has 0 spiro atoms. The van der Waals surface area contributed by atoms with Crippen LogP contribution in [0.5, 0.6) is 0 Å². The first-order valence-electron chi connectivity index (χ1n) is 8.07. The summed E-state index contributed by atoms with van der Waals surface area (Å²) in [6.45, 7) is 0. The molecule has 0 fully saturated rings. The van der Waals surface area contributed by atoms with E-state index in [2.05, 4.69) is 32.9 Å². The molecule has 0 aliphatic heterocycles. The van der Waals surface area contributed by atoms with Crippen molar-refractivity contribution >= 4 is 22.6 Å². The van der Waals surface area contributed by atoms with Crippen molar-refractivity contribution in [1.82, 2.24) is 9.36 Å². The summed E-state index contributed by atoms with van der Waals surface area (Å²) in [7, 11) is 0. The first kappa shape index (κ1) is 15.0. The SMILES string of the molecule is O=C(Cc1ccc2c(c1)CCC2)Nc1nc(-c2ccccc2)ns1. The molecule has 2 aromatic carbocycles. The summed E-state index contributed by atoms with van der Waals surface area (Å²) in [4.78, 5) is 16.7. The number of aromatic nitrogens is 2. The maximum absolute atomic E-state index is 12.3. The van der Waals surface area contributed by atoms with Crippen LogP contribution in [0, 0.1) is 0 Å². The van der Waals surface area contributed by atoms with E-state index in [4.69, 9.17) is 0 Å². The Kier molecular flexibility index (Phi) is 4.09. The quantitative estimate of drug-likeness (QED) is 0.787. The summed E-state index contributed by atoms with van der Waals surface area (Å²) < 4.78 is 4.31. The molecule has 0 bridgehead atoms. The van der Waals surface area contributed by atoms with Crippen molar-refractivity contribution in [1.29, 1.82) is 0 Å². The lowest BCUT2D eigenvalue weighted by Crippen LogP contribution is -2.14. The van der Waals surface area contributed by atoms with Crippen molar-refractivity contribution in [2.45, 2.75) is 25.7 Å². The molecular weight excluding hydrogens is 318 g/mol. The first-order valence-corrected chi connectivity index (χ1v) is 8.85. The molecule has 1 heterocycles. The van der Waals surface area contributed by atoms with Crippen molar-refractivity contribution in [3.8, 4) is 11.4 Å². The minimum Gasteiger partial charge on any atom is -0.300 e. The van der Waals surface area contributed by atoms with Crippen LogP contribution in [0.25, 0.3) is 11.4 Å². The molecule has 1 amide bonds. The third-order valence-corrected chi connectivity index (χ3v) is 4.86. The minimum atomic E-state index is -0.0521. The van der Waals surface area contributed by atoms with Gasteiger partial charge in [0.25, 0.3) is 0 Å². The number of hydrogen-bond acceptors (Lipinski definition) is 4. The van der Waals surface area contributed by atoms with Crippen LogP contribution in [0.4, 0.5) is 5.13 Å². The highest BCUT2D eigenvalue weighted by atomic mass is 32.1. The number of fused-ring (bicyclic) bond motifs is 1. The second kappa shape index (κ2) is 6.53. The van der Waals surface area contributed by atoms with Crippen LogP contribution >= 0.6 is 11.5 Å². The molecule has 1 N–H and O–H groups in total. The molecule has 0 atom stereocenters. The number of amides is 1. The summed E-state index contributed by atoms with van der Waals surface area (Å²) in [6, 6.07) is 16.1. The maximum Gasteiger partial charge on any atom is 0.230 e. The van der Waals surface area contributed by atoms with E-state index in [0.29, 0.717) is 17.4 Å². The molecule has 24 heavy (non-hydrogen) atoms. The molecule has 0 radical (unpaired) electrons. The predicted molar refractivity (Wildman–Crippen MR) is 96.1 cm³/mol. The Balaban J connectivity index is 1.42. The van der Waals surface area contributed by atoms with Crippen LogP contribution in [-0.2, 0) is 24.1 Å². The van der Waals surface area contributed by atoms with E-state index in [0.717, 1.165) is 24.0 Å². The third kappa shape index (κ3) is 3.21. The Bertz CT molecular complexity index is 873. The van der Waals surface area contributed by atoms with E-state index in [1.165, 1.54) is 29.1 Å². The summed E-state index contributed by atoms with van der Waals surface area (Å²) in [5.74, 6) is 0.595. The monoisotopic (exact) mass is 335 g/mol. The van der Waals surface area contributed by atoms with Gasteiger partial charge in [-0.3, -0.25) is 4.79 Å². The number of rotatable bonds is 4. The van der Waals surface area contributed by atoms with Crippen LogP contribution < -0.4 is 5.32 Å². The molecule has 1 aliphatic carbocycles. The zero-order valence-electron chi connectivity index (χ0n) is 13.2. The van der Waals surface area contributed by atoms with E-state index < -0.39 is 0 Å². The topological polar surface area (TPSA) is 54.9 Å². The maximum atomic E-state index is 12.3. The van der Waals surface area contributed by atoms with Crippen molar-refractivity contribution < 1.29 is 4.79 Å². The molecule has 0 unspecified atom stereocenters. The van der Waals surface area contributed by atoms with Gasteiger partial charge in [0.15, 0.2) is 5.82 Å². The predicted octanol–water partition coefficient (Wildman–Crippen LogP) is 3.88. The number of carbonyl (C=O) groups excluding carboxylic acids is 1. The van der Waals surface area contributed by atoms with Crippen molar-refractivity contribution in [3.63, 3.8) is 0 Å². The molecule has 1 aromatic heterocycles. The van der Waals surface area contributed by atoms with Crippen molar-refractivity contribution in [2.24, 2.45) is 0 Å². The van der Waals surface area contributed by atoms with E-state index in [1.807, 2.05) is 30.3 Å². The van der Waals surface area contributed by atoms with E-state index in [9.17, 15) is 4.79 Å². The molecule has 120 valence electrons. The van der Waals surface area contributed by atoms with Gasteiger partial charge in [0.05, 0.1) is 6.42 Å². The summed E-state index contributed by atoms with van der Waals surface area (Å²) >= 11 is 1.21. The second-order valence-corrected chi connectivity index (χ2v) is 6.72. The van der Waals surface area contributed by atoms with Crippen LogP contribution in [0.2, 0.25) is 0 Å². The van der Waals surface area contributed by atoms with Crippen LogP contribution in [-0.4, -0.2) is 15.3 Å². The average Bonchev–Trinajstić information content (AvgIpc) is 3.24. The van der Waals surface area contributed by atoms with E-state index in [-0.39, 0.29) is 5.91 Å². The fourth-order valence-corrected chi connectivity index (χ4v) is 3.67. The minimum absolute atomic E-state index is 0.0521. The largest absolute Gasteiger partial charge is 0.300 e. The molecule has 0 saturated heterocycles. The fourth-order valence-electron chi connectivity index (χ4n) is 3.06. The standard InChI is InChI=1S/C19H17N3OS/c23-17(12-13-9-10-14-7-4-8-16(14)11-13)20-19-21-18(22-24-19)15-5-2-1-3-6-15/h1-3,5-6,9-11H,4,7-8,12H2,(H,20,21,22,23). The lowest BCUT2D eigenvalue weighted by Gasteiger charge is -2.05. The average molecular weight is 335 g/mol. The second-order valence-electron chi connectivity index (χ2n) is 5.97. The Morgan fingerprint density at radius 3 is 2.79 bits per heavy atom. The number of aryl methyl sites for hydroxylation is 2. The Morgan fingerprint density at radius 1 is 1.08 bits per heavy atom. The van der Waals surface area contributed by atoms with E-state index in [1.54, 1.807) is 0 Å². The zero-order chi connectivity index (χ0) is 16.4. The lowest BCUT2D eigenvalue weighted by molar-refractivity contribution is -0.115. The van der Waals surface area contributed by atoms with Gasteiger partial charge in [-0.05, 0) is 36.0 Å². The molecule has 4 nitrogen and oxygen atoms in total. The Hall–Kier alpha value is -2.53. The van der Waals surface area contributed by atoms with Gasteiger partial charge in [0.2, 0.25) is 11.0 Å². The third-order valence-electron chi connectivity index (χ3n) is 4.23. The van der Waals surface area contributed by atoms with Gasteiger partial charge in [-0.25, -0.2) is 0 Å². The number of carbonyl (C=O) groups is 1. The number of nitrogens with zero attached hydrogens (tertiary/aromatic N) is 2. The van der Waals surface area contributed by atoms with Crippen LogP contribution in [0.3, 0.4) is 0 Å². The van der Waals surface area contributed by atoms with Gasteiger partial charge in [-0.15, -0.1) is 0 Å². The molecular formula is C19H17N3OS. The van der Waals surface area contributed by atoms with Gasteiger partial charge in [0, 0.05) is 17.1 Å². The Morgan fingerprint density at radius 2 is 1.92 bits per heavy atom. The molecule has 0 saturated carbocycles. The highest BCUT2D eigenvalue weighted by Gasteiger charge is 2.13. The highest BCUT2D eigenvalue weighted by Crippen LogP contribution is 2.24.